The van der Waals surface area contributed by atoms with Crippen molar-refractivity contribution in [3.8, 4) is 5.75 Å². The Bertz CT molecular complexity index is 499. The Balaban J connectivity index is 2.41. The summed E-state index contributed by atoms with van der Waals surface area (Å²) in [6.45, 7) is -0.286. The normalized spacial score (nSPS) is 12.9. The van der Waals surface area contributed by atoms with Crippen molar-refractivity contribution in [2.75, 3.05) is 6.61 Å². The van der Waals surface area contributed by atoms with Gasteiger partial charge in [-0.1, -0.05) is 6.07 Å². The first-order valence-corrected chi connectivity index (χ1v) is 5.06. The third-order valence-corrected chi connectivity index (χ3v) is 2.43. The lowest BCUT2D eigenvalue weighted by molar-refractivity contribution is 0.0955. The minimum Gasteiger partial charge on any atom is -0.506 e. The predicted octanol–water partition coefficient (Wildman–Crippen LogP) is 0.836. The highest BCUT2D eigenvalue weighted by atomic mass is 16.3. The maximum atomic E-state index is 9.73. The van der Waals surface area contributed by atoms with Crippen LogP contribution >= 0.6 is 0 Å². The van der Waals surface area contributed by atoms with E-state index in [9.17, 15) is 10.2 Å². The van der Waals surface area contributed by atoms with Gasteiger partial charge in [-0.25, -0.2) is 0 Å². The van der Waals surface area contributed by atoms with E-state index in [1.807, 2.05) is 12.1 Å². The van der Waals surface area contributed by atoms with Crippen LogP contribution in [0.25, 0.3) is 10.9 Å². The number of fused-ring (bicyclic) bond motifs is 1. The van der Waals surface area contributed by atoms with Crippen molar-refractivity contribution in [2.24, 2.45) is 0 Å². The van der Waals surface area contributed by atoms with Gasteiger partial charge in [-0.3, -0.25) is 4.98 Å². The number of pyridine rings is 1. The van der Waals surface area contributed by atoms with Crippen LogP contribution in [0.4, 0.5) is 0 Å². The molecule has 3 N–H and O–H groups in total. The van der Waals surface area contributed by atoms with E-state index in [0.717, 1.165) is 10.9 Å². The van der Waals surface area contributed by atoms with Crippen LogP contribution in [0.5, 0.6) is 5.75 Å². The number of aromatic nitrogens is 1. The molecule has 2 aromatic rings. The van der Waals surface area contributed by atoms with Crippen LogP contribution in [0, 0.1) is 0 Å². The minimum absolute atomic E-state index is 0.0956. The second-order valence-corrected chi connectivity index (χ2v) is 3.73. The highest BCUT2D eigenvalue weighted by Gasteiger charge is 2.07. The van der Waals surface area contributed by atoms with Crippen molar-refractivity contribution in [1.82, 2.24) is 4.98 Å². The Hall–Kier alpha value is -1.65. The van der Waals surface area contributed by atoms with E-state index in [0.29, 0.717) is 11.9 Å². The fourth-order valence-corrected chi connectivity index (χ4v) is 1.69. The summed E-state index contributed by atoms with van der Waals surface area (Å²) in [6, 6.07) is 7.04. The molecule has 0 spiro atoms. The molecule has 0 aliphatic rings. The molecule has 4 heteroatoms. The predicted molar refractivity (Wildman–Crippen MR) is 60.2 cm³/mol. The molecule has 1 aromatic heterocycles. The topological polar surface area (TPSA) is 73.6 Å². The third-order valence-electron chi connectivity index (χ3n) is 2.43. The lowest BCUT2D eigenvalue weighted by atomic mass is 10.0. The number of phenolic OH excluding ortho intramolecular Hbond substituents is 1. The number of benzene rings is 1. The summed E-state index contributed by atoms with van der Waals surface area (Å²) in [4.78, 5) is 4.06. The highest BCUT2D eigenvalue weighted by molar-refractivity contribution is 5.84. The number of hydrogen-bond acceptors (Lipinski definition) is 4. The zero-order valence-electron chi connectivity index (χ0n) is 8.67. The molecular weight excluding hydrogens is 206 g/mol. The second kappa shape index (κ2) is 4.47. The van der Waals surface area contributed by atoms with Crippen molar-refractivity contribution in [3.05, 3.63) is 36.0 Å². The van der Waals surface area contributed by atoms with Crippen molar-refractivity contribution in [2.45, 2.75) is 12.5 Å². The van der Waals surface area contributed by atoms with E-state index in [4.69, 9.17) is 5.11 Å². The van der Waals surface area contributed by atoms with Crippen LogP contribution in [0.3, 0.4) is 0 Å². The molecule has 0 radical (unpaired) electrons. The number of rotatable bonds is 3. The molecule has 0 bridgehead atoms. The zero-order valence-corrected chi connectivity index (χ0v) is 8.67. The average Bonchev–Trinajstić information content (AvgIpc) is 2.29. The summed E-state index contributed by atoms with van der Waals surface area (Å²) in [5.74, 6) is 0.0956. The Morgan fingerprint density at radius 2 is 2.12 bits per heavy atom. The average molecular weight is 219 g/mol. The first kappa shape index (κ1) is 10.9. The van der Waals surface area contributed by atoms with Crippen LogP contribution in [-0.4, -0.2) is 33.0 Å². The van der Waals surface area contributed by atoms with Gasteiger partial charge in [-0.15, -0.1) is 0 Å². The molecule has 0 unspecified atom stereocenters. The van der Waals surface area contributed by atoms with Gasteiger partial charge in [0.15, 0.2) is 0 Å². The van der Waals surface area contributed by atoms with Gasteiger partial charge in [0.25, 0.3) is 0 Å². The van der Waals surface area contributed by atoms with Gasteiger partial charge in [0.05, 0.1) is 12.7 Å². The molecular formula is C12H13NO3. The van der Waals surface area contributed by atoms with Gasteiger partial charge in [0, 0.05) is 18.0 Å². The quantitative estimate of drug-likeness (QED) is 0.715. The highest BCUT2D eigenvalue weighted by Crippen LogP contribution is 2.24. The molecule has 0 amide bonds. The summed E-state index contributed by atoms with van der Waals surface area (Å²) in [5.41, 5.74) is 1.32. The molecule has 1 atom stereocenters. The van der Waals surface area contributed by atoms with Crippen LogP contribution in [0.2, 0.25) is 0 Å². The number of aromatic hydroxyl groups is 1. The van der Waals surface area contributed by atoms with Gasteiger partial charge in [-0.2, -0.15) is 0 Å². The minimum atomic E-state index is -0.798. The summed E-state index contributed by atoms with van der Waals surface area (Å²) in [6.07, 6.45) is 1.13. The molecule has 0 aliphatic carbocycles. The third kappa shape index (κ3) is 2.13. The maximum Gasteiger partial charge on any atom is 0.142 e. The monoisotopic (exact) mass is 219 g/mol. The number of phenols is 1. The Morgan fingerprint density at radius 3 is 2.88 bits per heavy atom. The smallest absolute Gasteiger partial charge is 0.142 e. The van der Waals surface area contributed by atoms with Crippen molar-refractivity contribution >= 4 is 10.9 Å². The fourth-order valence-electron chi connectivity index (χ4n) is 1.69. The zero-order chi connectivity index (χ0) is 11.5. The van der Waals surface area contributed by atoms with Crippen LogP contribution in [0.1, 0.15) is 5.56 Å². The van der Waals surface area contributed by atoms with E-state index >= 15 is 0 Å². The molecule has 4 nitrogen and oxygen atoms in total. The van der Waals surface area contributed by atoms with Crippen molar-refractivity contribution in [3.63, 3.8) is 0 Å². The van der Waals surface area contributed by atoms with Gasteiger partial charge >= 0.3 is 0 Å². The van der Waals surface area contributed by atoms with Crippen LogP contribution < -0.4 is 0 Å². The van der Waals surface area contributed by atoms with E-state index in [1.54, 1.807) is 18.3 Å². The first-order valence-electron chi connectivity index (χ1n) is 5.06. The number of nitrogens with zero attached hydrogens (tertiary/aromatic N) is 1. The van der Waals surface area contributed by atoms with Gasteiger partial charge in [0.2, 0.25) is 0 Å². The lowest BCUT2D eigenvalue weighted by Gasteiger charge is -2.08. The number of aliphatic hydroxyl groups is 2. The molecule has 84 valence electrons. The van der Waals surface area contributed by atoms with E-state index in [1.165, 1.54) is 0 Å². The van der Waals surface area contributed by atoms with E-state index in [-0.39, 0.29) is 12.4 Å². The number of aliphatic hydroxyl groups excluding tert-OH is 2. The summed E-state index contributed by atoms with van der Waals surface area (Å²) in [7, 11) is 0. The molecule has 1 aromatic carbocycles. The van der Waals surface area contributed by atoms with Gasteiger partial charge < -0.3 is 15.3 Å². The van der Waals surface area contributed by atoms with Gasteiger partial charge in [0.1, 0.15) is 11.3 Å². The molecule has 0 saturated carbocycles. The summed E-state index contributed by atoms with van der Waals surface area (Å²) >= 11 is 0. The Labute approximate surface area is 92.8 Å². The molecule has 0 aliphatic heterocycles. The van der Waals surface area contributed by atoms with Crippen molar-refractivity contribution < 1.29 is 15.3 Å². The Morgan fingerprint density at radius 1 is 1.31 bits per heavy atom. The summed E-state index contributed by atoms with van der Waals surface area (Å²) in [5, 5.41) is 28.6. The lowest BCUT2D eigenvalue weighted by Crippen LogP contribution is -2.14. The summed E-state index contributed by atoms with van der Waals surface area (Å²) < 4.78 is 0. The molecule has 0 fully saturated rings. The molecule has 16 heavy (non-hydrogen) atoms. The largest absolute Gasteiger partial charge is 0.506 e. The SMILES string of the molecule is OC[C@@H](O)Cc1cc(O)c2ncccc2c1. The number of hydrogen-bond donors (Lipinski definition) is 3. The molecule has 2 rings (SSSR count). The molecule has 0 saturated heterocycles. The molecule has 1 heterocycles. The second-order valence-electron chi connectivity index (χ2n) is 3.73. The fraction of sp³-hybridized carbons (Fsp3) is 0.250. The van der Waals surface area contributed by atoms with Crippen LogP contribution in [0.15, 0.2) is 30.5 Å². The van der Waals surface area contributed by atoms with E-state index in [2.05, 4.69) is 4.98 Å². The van der Waals surface area contributed by atoms with E-state index < -0.39 is 6.10 Å². The van der Waals surface area contributed by atoms with Crippen LogP contribution in [-0.2, 0) is 6.42 Å². The van der Waals surface area contributed by atoms with Gasteiger partial charge in [-0.05, 0) is 23.8 Å². The standard InChI is InChI=1S/C12H13NO3/c14-7-10(15)5-8-4-9-2-1-3-13-12(9)11(16)6-8/h1-4,6,10,14-16H,5,7H2/t10-/m0/s1. The maximum absolute atomic E-state index is 9.73. The van der Waals surface area contributed by atoms with Crippen molar-refractivity contribution in [1.29, 1.82) is 0 Å². The first-order chi connectivity index (χ1) is 7.70. The Kier molecular flexibility index (Phi) is 3.03.